The molecule has 2 amide bonds. The maximum absolute atomic E-state index is 13.8. The van der Waals surface area contributed by atoms with Crippen molar-refractivity contribution in [2.75, 3.05) is 17.4 Å². The van der Waals surface area contributed by atoms with Crippen LogP contribution in [0.4, 0.5) is 5.69 Å². The highest BCUT2D eigenvalue weighted by Gasteiger charge is 2.32. The lowest BCUT2D eigenvalue weighted by molar-refractivity contribution is -0.139. The molecule has 0 aliphatic carbocycles. The number of hydrogen-bond donors (Lipinski definition) is 1. The maximum Gasteiger partial charge on any atom is 0.264 e. The summed E-state index contributed by atoms with van der Waals surface area (Å²) >= 11 is 9.49. The number of benzene rings is 3. The molecule has 0 saturated heterocycles. The number of nitrogens with one attached hydrogen (secondary N) is 1. The summed E-state index contributed by atoms with van der Waals surface area (Å²) in [6, 6.07) is 20.7. The van der Waals surface area contributed by atoms with E-state index in [-0.39, 0.29) is 29.0 Å². The molecule has 0 aromatic heterocycles. The summed E-state index contributed by atoms with van der Waals surface area (Å²) in [5, 5.41) is 3.31. The second-order valence-electron chi connectivity index (χ2n) is 9.27. The molecule has 1 N–H and O–H groups in total. The molecule has 10 heteroatoms. The zero-order valence-corrected chi connectivity index (χ0v) is 24.6. The van der Waals surface area contributed by atoms with E-state index >= 15 is 0 Å². The Hall–Kier alpha value is -2.88. The Labute approximate surface area is 238 Å². The molecule has 0 radical (unpaired) electrons. The number of hydrogen-bond acceptors (Lipinski definition) is 4. The summed E-state index contributed by atoms with van der Waals surface area (Å²) in [6.45, 7) is 5.68. The van der Waals surface area contributed by atoms with Crippen LogP contribution < -0.4 is 9.62 Å². The van der Waals surface area contributed by atoms with Crippen molar-refractivity contribution in [3.05, 3.63) is 93.9 Å². The molecule has 3 aromatic carbocycles. The van der Waals surface area contributed by atoms with Crippen LogP contribution in [0.1, 0.15) is 26.3 Å². The number of halogens is 2. The lowest BCUT2D eigenvalue weighted by Gasteiger charge is -2.32. The van der Waals surface area contributed by atoms with E-state index in [1.165, 1.54) is 17.0 Å². The fraction of sp³-hybridized carbons (Fsp3) is 0.286. The minimum absolute atomic E-state index is 0.0454. The van der Waals surface area contributed by atoms with Gasteiger partial charge in [0.2, 0.25) is 11.8 Å². The van der Waals surface area contributed by atoms with Gasteiger partial charge in [-0.3, -0.25) is 13.9 Å². The molecule has 0 bridgehead atoms. The second kappa shape index (κ2) is 13.3. The first-order chi connectivity index (χ1) is 18.0. The van der Waals surface area contributed by atoms with Crippen molar-refractivity contribution in [2.45, 2.75) is 38.3 Å². The molecular formula is C28H31BrClN3O4S. The largest absolute Gasteiger partial charge is 0.354 e. The van der Waals surface area contributed by atoms with Crippen LogP contribution in [0.5, 0.6) is 0 Å². The predicted octanol–water partition coefficient (Wildman–Crippen LogP) is 5.49. The summed E-state index contributed by atoms with van der Waals surface area (Å²) in [4.78, 5) is 28.3. The Balaban J connectivity index is 1.99. The van der Waals surface area contributed by atoms with Crippen LogP contribution in [0.15, 0.2) is 88.2 Å². The van der Waals surface area contributed by atoms with Gasteiger partial charge < -0.3 is 10.2 Å². The SMILES string of the molecule is CC(C)CNC(=O)[C@@H](C)N(Cc1cccc(Br)c1)C(=O)CN(c1ccc(Cl)cc1)S(=O)(=O)c1ccccc1. The van der Waals surface area contributed by atoms with Gasteiger partial charge in [0.25, 0.3) is 10.0 Å². The van der Waals surface area contributed by atoms with E-state index in [1.54, 1.807) is 49.4 Å². The summed E-state index contributed by atoms with van der Waals surface area (Å²) in [5.74, 6) is -0.602. The van der Waals surface area contributed by atoms with E-state index in [2.05, 4.69) is 21.2 Å². The van der Waals surface area contributed by atoms with E-state index in [1.807, 2.05) is 38.1 Å². The monoisotopic (exact) mass is 619 g/mol. The maximum atomic E-state index is 13.8. The van der Waals surface area contributed by atoms with E-state index in [9.17, 15) is 18.0 Å². The second-order valence-corrected chi connectivity index (χ2v) is 12.5. The van der Waals surface area contributed by atoms with Gasteiger partial charge in [0.05, 0.1) is 10.6 Å². The zero-order valence-electron chi connectivity index (χ0n) is 21.5. The molecule has 0 fully saturated rings. The number of carbonyl (C=O) groups excluding carboxylic acids is 2. The van der Waals surface area contributed by atoms with Crippen molar-refractivity contribution in [1.29, 1.82) is 0 Å². The van der Waals surface area contributed by atoms with Crippen molar-refractivity contribution in [3.63, 3.8) is 0 Å². The lowest BCUT2D eigenvalue weighted by atomic mass is 10.1. The summed E-state index contributed by atoms with van der Waals surface area (Å²) in [7, 11) is -4.11. The number of amides is 2. The average Bonchev–Trinajstić information content (AvgIpc) is 2.89. The van der Waals surface area contributed by atoms with Gasteiger partial charge in [0.1, 0.15) is 12.6 Å². The first-order valence-electron chi connectivity index (χ1n) is 12.1. The van der Waals surface area contributed by atoms with Gasteiger partial charge >= 0.3 is 0 Å². The van der Waals surface area contributed by atoms with Crippen LogP contribution in [-0.4, -0.2) is 44.3 Å². The molecule has 0 aliphatic heterocycles. The predicted molar refractivity (Wildman–Crippen MR) is 154 cm³/mol. The minimum Gasteiger partial charge on any atom is -0.354 e. The van der Waals surface area contributed by atoms with Gasteiger partial charge in [-0.1, -0.05) is 71.7 Å². The van der Waals surface area contributed by atoms with Gasteiger partial charge in [-0.25, -0.2) is 8.42 Å². The number of nitrogens with zero attached hydrogens (tertiary/aromatic N) is 2. The third-order valence-electron chi connectivity index (χ3n) is 5.82. The molecule has 7 nitrogen and oxygen atoms in total. The molecule has 38 heavy (non-hydrogen) atoms. The molecule has 202 valence electrons. The molecular weight excluding hydrogens is 590 g/mol. The Kier molecular flexibility index (Phi) is 10.4. The van der Waals surface area contributed by atoms with Gasteiger partial charge in [-0.05, 0) is 66.9 Å². The van der Waals surface area contributed by atoms with Crippen molar-refractivity contribution in [3.8, 4) is 0 Å². The summed E-state index contributed by atoms with van der Waals surface area (Å²) in [6.07, 6.45) is 0. The molecule has 0 aliphatic rings. The molecule has 0 heterocycles. The van der Waals surface area contributed by atoms with Crippen LogP contribution in [0.3, 0.4) is 0 Å². The standard InChI is InChI=1S/C28H31BrClN3O4S/c1-20(2)17-31-28(35)21(3)32(18-22-8-7-9-23(29)16-22)27(34)19-33(25-14-12-24(30)13-15-25)38(36,37)26-10-5-4-6-11-26/h4-16,20-21H,17-19H2,1-3H3,(H,31,35)/t21-/m1/s1. The zero-order chi connectivity index (χ0) is 27.9. The first kappa shape index (κ1) is 29.7. The van der Waals surface area contributed by atoms with Crippen molar-refractivity contribution >= 4 is 55.1 Å². The molecule has 3 aromatic rings. The Morgan fingerprint density at radius 1 is 0.947 bits per heavy atom. The van der Waals surface area contributed by atoms with Crippen LogP contribution in [-0.2, 0) is 26.2 Å². The number of rotatable bonds is 11. The highest BCUT2D eigenvalue weighted by Crippen LogP contribution is 2.26. The summed E-state index contributed by atoms with van der Waals surface area (Å²) in [5.41, 5.74) is 1.08. The topological polar surface area (TPSA) is 86.8 Å². The highest BCUT2D eigenvalue weighted by molar-refractivity contribution is 9.10. The first-order valence-corrected chi connectivity index (χ1v) is 14.7. The Morgan fingerprint density at radius 2 is 1.61 bits per heavy atom. The molecule has 0 saturated carbocycles. The lowest BCUT2D eigenvalue weighted by Crippen LogP contribution is -2.51. The van der Waals surface area contributed by atoms with E-state index in [0.717, 1.165) is 14.3 Å². The number of anilines is 1. The molecule has 0 spiro atoms. The highest BCUT2D eigenvalue weighted by atomic mass is 79.9. The molecule has 1 atom stereocenters. The summed E-state index contributed by atoms with van der Waals surface area (Å²) < 4.78 is 29.3. The van der Waals surface area contributed by atoms with Crippen molar-refractivity contribution in [1.82, 2.24) is 10.2 Å². The Morgan fingerprint density at radius 3 is 2.21 bits per heavy atom. The minimum atomic E-state index is -4.11. The van der Waals surface area contributed by atoms with Crippen LogP contribution in [0.25, 0.3) is 0 Å². The van der Waals surface area contributed by atoms with Gasteiger partial charge in [-0.15, -0.1) is 0 Å². The normalized spacial score (nSPS) is 12.2. The van der Waals surface area contributed by atoms with Crippen LogP contribution in [0.2, 0.25) is 5.02 Å². The van der Waals surface area contributed by atoms with Gasteiger partial charge in [0, 0.05) is 22.6 Å². The quantitative estimate of drug-likeness (QED) is 0.307. The smallest absolute Gasteiger partial charge is 0.264 e. The molecule has 0 unspecified atom stereocenters. The molecule has 3 rings (SSSR count). The van der Waals surface area contributed by atoms with Crippen molar-refractivity contribution in [2.24, 2.45) is 5.92 Å². The fourth-order valence-corrected chi connectivity index (χ4v) is 5.73. The Bertz CT molecular complexity index is 1350. The van der Waals surface area contributed by atoms with Gasteiger partial charge in [0.15, 0.2) is 0 Å². The fourth-order valence-electron chi connectivity index (χ4n) is 3.72. The van der Waals surface area contributed by atoms with E-state index < -0.39 is 28.5 Å². The number of carbonyl (C=O) groups is 2. The van der Waals surface area contributed by atoms with Crippen LogP contribution >= 0.6 is 27.5 Å². The third-order valence-corrected chi connectivity index (χ3v) is 8.35. The van der Waals surface area contributed by atoms with Crippen LogP contribution in [0, 0.1) is 5.92 Å². The van der Waals surface area contributed by atoms with Crippen molar-refractivity contribution < 1.29 is 18.0 Å². The third kappa shape index (κ3) is 7.82. The van der Waals surface area contributed by atoms with E-state index in [0.29, 0.717) is 11.6 Å². The average molecular weight is 621 g/mol. The van der Waals surface area contributed by atoms with E-state index in [4.69, 9.17) is 11.6 Å². The number of sulfonamides is 1. The van der Waals surface area contributed by atoms with Gasteiger partial charge in [-0.2, -0.15) is 0 Å².